The van der Waals surface area contributed by atoms with Gasteiger partial charge in [-0.25, -0.2) is 0 Å². The number of nitrogens with zero attached hydrogens (tertiary/aromatic N) is 1. The van der Waals surface area contributed by atoms with Crippen molar-refractivity contribution in [2.24, 2.45) is 0 Å². The molecule has 0 saturated heterocycles. The minimum absolute atomic E-state index is 0.338. The van der Waals surface area contributed by atoms with Crippen LogP contribution in [0.4, 0.5) is 0 Å². The van der Waals surface area contributed by atoms with E-state index in [1.165, 1.54) is 30.3 Å². The lowest BCUT2D eigenvalue weighted by Crippen LogP contribution is -2.36. The van der Waals surface area contributed by atoms with Gasteiger partial charge in [0.05, 0.1) is 12.7 Å². The summed E-state index contributed by atoms with van der Waals surface area (Å²) >= 11 is 0. The highest BCUT2D eigenvalue weighted by molar-refractivity contribution is 7.91. The first kappa shape index (κ1) is 23.0. The number of allylic oxidation sites excluding steroid dienone is 1. The summed E-state index contributed by atoms with van der Waals surface area (Å²) in [5, 5.41) is 11.3. The van der Waals surface area contributed by atoms with Crippen molar-refractivity contribution in [1.29, 1.82) is 0 Å². The fraction of sp³-hybridized carbons (Fsp3) is 0.286. The third-order valence-electron chi connectivity index (χ3n) is 3.56. The van der Waals surface area contributed by atoms with E-state index in [4.69, 9.17) is 4.18 Å². The second-order valence-electron chi connectivity index (χ2n) is 6.06. The van der Waals surface area contributed by atoms with Gasteiger partial charge < -0.3 is 4.18 Å². The Balaban J connectivity index is 2.54. The molecule has 1 unspecified atom stereocenters. The van der Waals surface area contributed by atoms with Crippen LogP contribution in [0.2, 0.25) is 0 Å². The maximum atomic E-state index is 12.5. The van der Waals surface area contributed by atoms with Gasteiger partial charge in [-0.2, -0.15) is 25.3 Å². The standard InChI is InChI=1S/C14H15NO11S3/c1-14(15(16)17)9-8-13(29(22,23)26-25-27(2,18)19)12(10-14)24-28(20,21)11-6-4-3-5-7-11/h3-9H,10H2,1-2H3. The molecule has 0 radical (unpaired) electrons. The number of hydrogen-bond donors (Lipinski definition) is 0. The maximum Gasteiger partial charge on any atom is 0.338 e. The zero-order chi connectivity index (χ0) is 22.1. The minimum Gasteiger partial charge on any atom is -0.382 e. The Morgan fingerprint density at radius 3 is 2.10 bits per heavy atom. The van der Waals surface area contributed by atoms with Crippen molar-refractivity contribution in [2.75, 3.05) is 6.26 Å². The number of nitro groups is 1. The molecule has 0 aromatic heterocycles. The van der Waals surface area contributed by atoms with Crippen molar-refractivity contribution in [3.8, 4) is 0 Å². The third-order valence-corrected chi connectivity index (χ3v) is 6.38. The maximum absolute atomic E-state index is 12.5. The predicted octanol–water partition coefficient (Wildman–Crippen LogP) is 0.836. The molecule has 29 heavy (non-hydrogen) atoms. The van der Waals surface area contributed by atoms with Gasteiger partial charge in [-0.1, -0.05) is 26.9 Å². The number of hydrogen-bond acceptors (Lipinski definition) is 11. The zero-order valence-corrected chi connectivity index (χ0v) is 17.4. The average Bonchev–Trinajstić information content (AvgIpc) is 2.60. The van der Waals surface area contributed by atoms with Gasteiger partial charge >= 0.3 is 20.2 Å². The van der Waals surface area contributed by atoms with Crippen LogP contribution < -0.4 is 0 Å². The van der Waals surface area contributed by atoms with E-state index in [0.717, 1.165) is 13.0 Å². The first-order chi connectivity index (χ1) is 13.2. The molecule has 1 aromatic rings. The molecule has 1 atom stereocenters. The predicted molar refractivity (Wildman–Crippen MR) is 96.8 cm³/mol. The molecule has 1 aliphatic rings. The number of benzene rings is 1. The highest BCUT2D eigenvalue weighted by Gasteiger charge is 2.44. The van der Waals surface area contributed by atoms with E-state index in [2.05, 4.69) is 8.67 Å². The van der Waals surface area contributed by atoms with Gasteiger partial charge in [0.15, 0.2) is 0 Å². The van der Waals surface area contributed by atoms with E-state index < -0.39 is 57.9 Å². The van der Waals surface area contributed by atoms with Crippen molar-refractivity contribution in [2.45, 2.75) is 23.8 Å². The molecule has 0 bridgehead atoms. The Hall–Kier alpha value is -2.33. The van der Waals surface area contributed by atoms with Crippen LogP contribution in [-0.4, -0.2) is 42.0 Å². The Kier molecular flexibility index (Phi) is 6.20. The van der Waals surface area contributed by atoms with Gasteiger partial charge in [-0.05, 0) is 24.3 Å². The molecule has 0 saturated carbocycles. The van der Waals surface area contributed by atoms with Crippen LogP contribution >= 0.6 is 0 Å². The molecule has 0 fully saturated rings. The molecule has 0 heterocycles. The van der Waals surface area contributed by atoms with E-state index in [9.17, 15) is 35.4 Å². The molecule has 2 rings (SSSR count). The lowest BCUT2D eigenvalue weighted by molar-refractivity contribution is -0.550. The van der Waals surface area contributed by atoms with E-state index in [1.54, 1.807) is 0 Å². The van der Waals surface area contributed by atoms with Gasteiger partial charge in [0.25, 0.3) is 10.1 Å². The van der Waals surface area contributed by atoms with Crippen LogP contribution in [0.3, 0.4) is 0 Å². The van der Waals surface area contributed by atoms with Gasteiger partial charge in [0.2, 0.25) is 5.54 Å². The highest BCUT2D eigenvalue weighted by atomic mass is 32.2. The van der Waals surface area contributed by atoms with Gasteiger partial charge in [0, 0.05) is 11.8 Å². The Bertz CT molecular complexity index is 1180. The van der Waals surface area contributed by atoms with Crippen LogP contribution in [0.5, 0.6) is 0 Å². The molecule has 1 aliphatic carbocycles. The van der Waals surface area contributed by atoms with Crippen LogP contribution in [-0.2, 0) is 43.2 Å². The molecule has 0 N–H and O–H groups in total. The molecule has 0 spiro atoms. The summed E-state index contributed by atoms with van der Waals surface area (Å²) in [5.41, 5.74) is -1.89. The summed E-state index contributed by atoms with van der Waals surface area (Å²) in [6.07, 6.45) is 1.29. The van der Waals surface area contributed by atoms with E-state index in [1.807, 2.05) is 0 Å². The van der Waals surface area contributed by atoms with Gasteiger partial charge in [-0.3, -0.25) is 10.1 Å². The van der Waals surface area contributed by atoms with Crippen LogP contribution in [0.25, 0.3) is 0 Å². The molecule has 0 amide bonds. The smallest absolute Gasteiger partial charge is 0.338 e. The summed E-state index contributed by atoms with van der Waals surface area (Å²) < 4.78 is 84.1. The van der Waals surface area contributed by atoms with Crippen molar-refractivity contribution in [3.05, 3.63) is 63.3 Å². The second-order valence-corrected chi connectivity index (χ2v) is 10.6. The summed E-state index contributed by atoms with van der Waals surface area (Å²) in [6.45, 7) is 1.11. The Morgan fingerprint density at radius 1 is 1.00 bits per heavy atom. The van der Waals surface area contributed by atoms with E-state index >= 15 is 0 Å². The molecular weight excluding hydrogens is 454 g/mol. The average molecular weight is 469 g/mol. The molecule has 1 aromatic carbocycles. The lowest BCUT2D eigenvalue weighted by atomic mass is 9.93. The topological polar surface area (TPSA) is 173 Å². The van der Waals surface area contributed by atoms with Crippen LogP contribution in [0, 0.1) is 10.1 Å². The number of rotatable bonds is 8. The van der Waals surface area contributed by atoms with Crippen molar-refractivity contribution >= 4 is 30.4 Å². The quantitative estimate of drug-likeness (QED) is 0.228. The summed E-state index contributed by atoms with van der Waals surface area (Å²) in [7, 11) is -13.9. The summed E-state index contributed by atoms with van der Waals surface area (Å²) in [5.74, 6) is -0.840. The fourth-order valence-electron chi connectivity index (χ4n) is 2.13. The zero-order valence-electron chi connectivity index (χ0n) is 14.9. The molecule has 160 valence electrons. The SMILES string of the molecule is CC1([N+](=O)[O-])C=CC(S(=O)(=O)OOS(C)(=O)=O)=C(OS(=O)(=O)c2ccccc2)C1. The first-order valence-electron chi connectivity index (χ1n) is 7.55. The molecular formula is C14H15NO11S3. The Morgan fingerprint density at radius 2 is 1.59 bits per heavy atom. The van der Waals surface area contributed by atoms with Crippen molar-refractivity contribution < 1.29 is 43.0 Å². The van der Waals surface area contributed by atoms with Crippen LogP contribution in [0.15, 0.2) is 58.0 Å². The molecule has 15 heteroatoms. The van der Waals surface area contributed by atoms with E-state index in [0.29, 0.717) is 12.3 Å². The Labute approximate surface area is 166 Å². The third kappa shape index (κ3) is 5.60. The van der Waals surface area contributed by atoms with Gasteiger partial charge in [-0.15, -0.1) is 0 Å². The highest BCUT2D eigenvalue weighted by Crippen LogP contribution is 2.35. The summed E-state index contributed by atoms with van der Waals surface area (Å²) in [6, 6.07) is 6.62. The second kappa shape index (κ2) is 7.83. The molecule has 12 nitrogen and oxygen atoms in total. The van der Waals surface area contributed by atoms with Gasteiger partial charge in [0.1, 0.15) is 15.6 Å². The largest absolute Gasteiger partial charge is 0.382 e. The molecule has 0 aliphatic heterocycles. The van der Waals surface area contributed by atoms with Crippen molar-refractivity contribution in [1.82, 2.24) is 0 Å². The minimum atomic E-state index is -5.02. The monoisotopic (exact) mass is 469 g/mol. The van der Waals surface area contributed by atoms with Crippen molar-refractivity contribution in [3.63, 3.8) is 0 Å². The first-order valence-corrected chi connectivity index (χ1v) is 12.2. The lowest BCUT2D eigenvalue weighted by Gasteiger charge is -2.24. The van der Waals surface area contributed by atoms with E-state index in [-0.39, 0.29) is 4.90 Å². The summed E-state index contributed by atoms with van der Waals surface area (Å²) in [4.78, 5) is 9.27. The fourth-order valence-corrected chi connectivity index (χ4v) is 4.58. The van der Waals surface area contributed by atoms with Crippen LogP contribution in [0.1, 0.15) is 13.3 Å². The normalized spacial score (nSPS) is 20.5.